The summed E-state index contributed by atoms with van der Waals surface area (Å²) in [6.07, 6.45) is 2.12. The van der Waals surface area contributed by atoms with Crippen molar-refractivity contribution in [2.24, 2.45) is 5.92 Å². The highest BCUT2D eigenvalue weighted by molar-refractivity contribution is 7.87. The summed E-state index contributed by atoms with van der Waals surface area (Å²) in [6, 6.07) is 0. The molecule has 3 unspecified atom stereocenters. The zero-order valence-corrected chi connectivity index (χ0v) is 13.8. The molecule has 0 aromatic carbocycles. The Kier molecular flexibility index (Phi) is 7.17. The average Bonchev–Trinajstić information content (AvgIpc) is 2.37. The lowest BCUT2D eigenvalue weighted by Crippen LogP contribution is -2.52. The van der Waals surface area contributed by atoms with E-state index in [0.29, 0.717) is 25.6 Å². The van der Waals surface area contributed by atoms with Gasteiger partial charge in [-0.05, 0) is 45.7 Å². The Morgan fingerprint density at radius 1 is 1.30 bits per heavy atom. The Morgan fingerprint density at radius 3 is 2.50 bits per heavy atom. The second-order valence-corrected chi connectivity index (χ2v) is 7.40. The molecule has 120 valence electrons. The topological polar surface area (TPSA) is 70.7 Å². The SMILES string of the molecule is CC1CN(S(=O)(=O)NCC2CCCNC2)CC(C)O1.Cl. The molecule has 0 aromatic rings. The third-order valence-corrected chi connectivity index (χ3v) is 5.19. The number of hydrogen-bond acceptors (Lipinski definition) is 4. The minimum atomic E-state index is -3.37. The fourth-order valence-corrected chi connectivity index (χ4v) is 4.18. The monoisotopic (exact) mass is 327 g/mol. The molecule has 0 aromatic heterocycles. The Hall–Kier alpha value is 0.0800. The van der Waals surface area contributed by atoms with Gasteiger partial charge in [-0.1, -0.05) is 0 Å². The van der Waals surface area contributed by atoms with Gasteiger partial charge >= 0.3 is 0 Å². The summed E-state index contributed by atoms with van der Waals surface area (Å²) >= 11 is 0. The van der Waals surface area contributed by atoms with Gasteiger partial charge in [0.2, 0.25) is 0 Å². The van der Waals surface area contributed by atoms with Gasteiger partial charge in [0.05, 0.1) is 12.2 Å². The maximum atomic E-state index is 12.3. The van der Waals surface area contributed by atoms with Gasteiger partial charge < -0.3 is 10.1 Å². The first-order chi connectivity index (χ1) is 8.97. The molecule has 2 fully saturated rings. The lowest BCUT2D eigenvalue weighted by atomic mass is 10.0. The lowest BCUT2D eigenvalue weighted by molar-refractivity contribution is -0.0444. The van der Waals surface area contributed by atoms with Crippen LogP contribution < -0.4 is 10.0 Å². The van der Waals surface area contributed by atoms with Crippen LogP contribution in [0.15, 0.2) is 0 Å². The van der Waals surface area contributed by atoms with E-state index < -0.39 is 10.2 Å². The molecule has 20 heavy (non-hydrogen) atoms. The van der Waals surface area contributed by atoms with Crippen molar-refractivity contribution in [1.82, 2.24) is 14.3 Å². The van der Waals surface area contributed by atoms with Gasteiger partial charge in [0.25, 0.3) is 10.2 Å². The standard InChI is InChI=1S/C12H25N3O3S.ClH/c1-10-8-15(9-11(2)18-10)19(16,17)14-7-12-4-3-5-13-6-12;/h10-14H,3-9H2,1-2H3;1H. The third kappa shape index (κ3) is 5.13. The first-order valence-electron chi connectivity index (χ1n) is 7.08. The molecule has 0 bridgehead atoms. The van der Waals surface area contributed by atoms with Crippen molar-refractivity contribution in [3.8, 4) is 0 Å². The molecule has 0 spiro atoms. The summed E-state index contributed by atoms with van der Waals surface area (Å²) in [5.74, 6) is 0.402. The number of ether oxygens (including phenoxy) is 1. The highest BCUT2D eigenvalue weighted by Crippen LogP contribution is 2.14. The van der Waals surface area contributed by atoms with Crippen LogP contribution in [-0.2, 0) is 14.9 Å². The molecule has 2 rings (SSSR count). The Bertz CT molecular complexity index is 377. The maximum Gasteiger partial charge on any atom is 0.279 e. The molecule has 0 amide bonds. The van der Waals surface area contributed by atoms with E-state index in [1.54, 1.807) is 0 Å². The third-order valence-electron chi connectivity index (χ3n) is 3.68. The summed E-state index contributed by atoms with van der Waals surface area (Å²) in [5, 5.41) is 3.30. The van der Waals surface area contributed by atoms with E-state index in [-0.39, 0.29) is 24.6 Å². The van der Waals surface area contributed by atoms with E-state index in [9.17, 15) is 8.42 Å². The van der Waals surface area contributed by atoms with Crippen molar-refractivity contribution in [2.45, 2.75) is 38.9 Å². The van der Waals surface area contributed by atoms with Crippen molar-refractivity contribution < 1.29 is 13.2 Å². The second kappa shape index (κ2) is 7.91. The van der Waals surface area contributed by atoms with E-state index in [1.165, 1.54) is 4.31 Å². The van der Waals surface area contributed by atoms with Crippen LogP contribution in [0.5, 0.6) is 0 Å². The van der Waals surface area contributed by atoms with Crippen LogP contribution in [0.4, 0.5) is 0 Å². The number of halogens is 1. The fourth-order valence-electron chi connectivity index (χ4n) is 2.74. The molecule has 2 saturated heterocycles. The number of nitrogens with zero attached hydrogens (tertiary/aromatic N) is 1. The van der Waals surface area contributed by atoms with Crippen molar-refractivity contribution in [3.05, 3.63) is 0 Å². The summed E-state index contributed by atoms with van der Waals surface area (Å²) in [7, 11) is -3.37. The molecule has 2 aliphatic rings. The van der Waals surface area contributed by atoms with Crippen LogP contribution in [0.3, 0.4) is 0 Å². The van der Waals surface area contributed by atoms with Crippen LogP contribution in [0.1, 0.15) is 26.7 Å². The molecule has 0 saturated carbocycles. The zero-order valence-electron chi connectivity index (χ0n) is 12.2. The zero-order chi connectivity index (χ0) is 13.9. The molecular weight excluding hydrogens is 302 g/mol. The summed E-state index contributed by atoms with van der Waals surface area (Å²) in [6.45, 7) is 7.15. The second-order valence-electron chi connectivity index (χ2n) is 5.64. The van der Waals surface area contributed by atoms with Crippen molar-refractivity contribution in [1.29, 1.82) is 0 Å². The number of nitrogens with one attached hydrogen (secondary N) is 2. The minimum Gasteiger partial charge on any atom is -0.373 e. The predicted octanol–water partition coefficient (Wildman–Crippen LogP) is 0.351. The number of hydrogen-bond donors (Lipinski definition) is 2. The van der Waals surface area contributed by atoms with E-state index in [1.807, 2.05) is 13.8 Å². The number of rotatable bonds is 4. The Morgan fingerprint density at radius 2 is 1.95 bits per heavy atom. The molecule has 6 nitrogen and oxygen atoms in total. The highest BCUT2D eigenvalue weighted by atomic mass is 35.5. The van der Waals surface area contributed by atoms with Crippen molar-refractivity contribution >= 4 is 22.6 Å². The van der Waals surface area contributed by atoms with Gasteiger partial charge in [0.1, 0.15) is 0 Å². The van der Waals surface area contributed by atoms with E-state index in [2.05, 4.69) is 10.0 Å². The number of morpholine rings is 1. The van der Waals surface area contributed by atoms with Gasteiger partial charge in [-0.2, -0.15) is 12.7 Å². The predicted molar refractivity (Wildman–Crippen MR) is 81.3 cm³/mol. The maximum absolute atomic E-state index is 12.3. The minimum absolute atomic E-state index is 0. The molecular formula is C12H26ClN3O3S. The molecule has 8 heteroatoms. The molecule has 3 atom stereocenters. The summed E-state index contributed by atoms with van der Waals surface area (Å²) < 4.78 is 34.3. The Balaban J connectivity index is 0.00000200. The summed E-state index contributed by atoms with van der Waals surface area (Å²) in [5.41, 5.74) is 0. The van der Waals surface area contributed by atoms with Crippen LogP contribution in [0, 0.1) is 5.92 Å². The quantitative estimate of drug-likeness (QED) is 0.782. The van der Waals surface area contributed by atoms with Gasteiger partial charge in [0.15, 0.2) is 0 Å². The van der Waals surface area contributed by atoms with Crippen molar-refractivity contribution in [3.63, 3.8) is 0 Å². The first kappa shape index (κ1) is 18.1. The fraction of sp³-hybridized carbons (Fsp3) is 1.00. The number of piperidine rings is 1. The van der Waals surface area contributed by atoms with Crippen LogP contribution in [-0.4, -0.2) is 57.7 Å². The first-order valence-corrected chi connectivity index (χ1v) is 8.52. The van der Waals surface area contributed by atoms with Gasteiger partial charge in [-0.15, -0.1) is 12.4 Å². The molecule has 0 aliphatic carbocycles. The molecule has 2 heterocycles. The van der Waals surface area contributed by atoms with Gasteiger partial charge in [-0.3, -0.25) is 0 Å². The molecule has 0 radical (unpaired) electrons. The van der Waals surface area contributed by atoms with Crippen molar-refractivity contribution in [2.75, 3.05) is 32.7 Å². The normalized spacial score (nSPS) is 32.6. The van der Waals surface area contributed by atoms with E-state index in [4.69, 9.17) is 4.74 Å². The van der Waals surface area contributed by atoms with Crippen LogP contribution in [0.25, 0.3) is 0 Å². The molecule has 2 N–H and O–H groups in total. The van der Waals surface area contributed by atoms with Gasteiger partial charge in [-0.25, -0.2) is 4.72 Å². The highest BCUT2D eigenvalue weighted by Gasteiger charge is 2.31. The summed E-state index contributed by atoms with van der Waals surface area (Å²) in [4.78, 5) is 0. The average molecular weight is 328 g/mol. The van der Waals surface area contributed by atoms with E-state index in [0.717, 1.165) is 25.9 Å². The van der Waals surface area contributed by atoms with Crippen LogP contribution in [0.2, 0.25) is 0 Å². The van der Waals surface area contributed by atoms with Gasteiger partial charge in [0, 0.05) is 19.6 Å². The molecule has 2 aliphatic heterocycles. The largest absolute Gasteiger partial charge is 0.373 e. The Labute approximate surface area is 128 Å². The van der Waals surface area contributed by atoms with Crippen LogP contribution >= 0.6 is 12.4 Å². The lowest BCUT2D eigenvalue weighted by Gasteiger charge is -2.34. The van der Waals surface area contributed by atoms with E-state index >= 15 is 0 Å². The smallest absolute Gasteiger partial charge is 0.279 e.